The number of anilines is 1. The summed E-state index contributed by atoms with van der Waals surface area (Å²) in [5, 5.41) is 6.09. The van der Waals surface area contributed by atoms with Gasteiger partial charge in [0.15, 0.2) is 0 Å². The first-order valence-electron chi connectivity index (χ1n) is 10.4. The van der Waals surface area contributed by atoms with Gasteiger partial charge in [0.2, 0.25) is 11.8 Å². The minimum atomic E-state index is -0.461. The van der Waals surface area contributed by atoms with E-state index in [2.05, 4.69) is 10.6 Å². The van der Waals surface area contributed by atoms with E-state index in [9.17, 15) is 14.4 Å². The van der Waals surface area contributed by atoms with E-state index in [1.165, 1.54) is 4.90 Å². The second kappa shape index (κ2) is 9.09. The molecule has 0 radical (unpaired) electrons. The van der Waals surface area contributed by atoms with Crippen LogP contribution in [-0.2, 0) is 16.0 Å². The zero-order valence-corrected chi connectivity index (χ0v) is 16.8. The Hall–Kier alpha value is -3.19. The molecule has 2 atom stereocenters. The molecular formula is C23H26N4O3. The van der Waals surface area contributed by atoms with E-state index in [0.29, 0.717) is 25.1 Å². The molecule has 2 aromatic rings. The van der Waals surface area contributed by atoms with Crippen molar-refractivity contribution in [1.82, 2.24) is 15.1 Å². The van der Waals surface area contributed by atoms with Crippen molar-refractivity contribution in [3.05, 3.63) is 66.2 Å². The molecule has 7 nitrogen and oxygen atoms in total. The van der Waals surface area contributed by atoms with Crippen molar-refractivity contribution < 1.29 is 14.4 Å². The van der Waals surface area contributed by atoms with Crippen molar-refractivity contribution in [2.45, 2.75) is 31.3 Å². The molecule has 2 heterocycles. The molecular weight excluding hydrogens is 380 g/mol. The number of nitrogens with zero attached hydrogens (tertiary/aromatic N) is 2. The van der Waals surface area contributed by atoms with E-state index in [-0.39, 0.29) is 30.4 Å². The molecule has 4 rings (SSSR count). The molecule has 0 saturated carbocycles. The lowest BCUT2D eigenvalue weighted by molar-refractivity contribution is -0.138. The molecule has 2 saturated heterocycles. The molecule has 2 aliphatic heterocycles. The van der Waals surface area contributed by atoms with Crippen molar-refractivity contribution in [2.24, 2.45) is 0 Å². The number of hydrogen-bond donors (Lipinski definition) is 2. The van der Waals surface area contributed by atoms with Gasteiger partial charge >= 0.3 is 6.03 Å². The average Bonchev–Trinajstić information content (AvgIpc) is 2.78. The maximum atomic E-state index is 13.2. The Bertz CT molecular complexity index is 903. The molecule has 0 spiro atoms. The topological polar surface area (TPSA) is 81.8 Å². The van der Waals surface area contributed by atoms with Crippen LogP contribution in [0.3, 0.4) is 0 Å². The van der Waals surface area contributed by atoms with Crippen molar-refractivity contribution in [3.8, 4) is 0 Å². The molecule has 30 heavy (non-hydrogen) atoms. The number of nitrogens with one attached hydrogen (secondary N) is 2. The van der Waals surface area contributed by atoms with E-state index in [1.807, 2.05) is 48.5 Å². The highest BCUT2D eigenvalue weighted by Crippen LogP contribution is 2.25. The maximum Gasteiger partial charge on any atom is 0.327 e. The van der Waals surface area contributed by atoms with Crippen LogP contribution in [0, 0.1) is 0 Å². The van der Waals surface area contributed by atoms with Crippen LogP contribution >= 0.6 is 0 Å². The average molecular weight is 406 g/mol. The first-order valence-corrected chi connectivity index (χ1v) is 10.4. The quantitative estimate of drug-likeness (QED) is 0.771. The summed E-state index contributed by atoms with van der Waals surface area (Å²) in [6.07, 6.45) is 2.16. The van der Waals surface area contributed by atoms with Crippen molar-refractivity contribution in [3.63, 3.8) is 0 Å². The van der Waals surface area contributed by atoms with Gasteiger partial charge in [0, 0.05) is 12.2 Å². The minimum Gasteiger partial charge on any atom is -0.325 e. The Balaban J connectivity index is 1.49. The molecule has 2 aromatic carbocycles. The third-order valence-corrected chi connectivity index (χ3v) is 5.67. The number of carbonyl (C=O) groups excluding carboxylic acids is 3. The van der Waals surface area contributed by atoms with Crippen LogP contribution in [0.5, 0.6) is 0 Å². The third-order valence-electron chi connectivity index (χ3n) is 5.67. The molecule has 0 aromatic heterocycles. The maximum absolute atomic E-state index is 13.2. The summed E-state index contributed by atoms with van der Waals surface area (Å²) in [5.74, 6) is -0.461. The molecule has 7 heteroatoms. The number of hydrogen-bond acceptors (Lipinski definition) is 4. The van der Waals surface area contributed by atoms with Crippen molar-refractivity contribution in [2.75, 3.05) is 25.0 Å². The van der Waals surface area contributed by atoms with Crippen molar-refractivity contribution in [1.29, 1.82) is 0 Å². The molecule has 156 valence electrons. The van der Waals surface area contributed by atoms with Crippen LogP contribution in [0.2, 0.25) is 0 Å². The number of carbonyl (C=O) groups is 3. The fourth-order valence-electron chi connectivity index (χ4n) is 4.17. The van der Waals surface area contributed by atoms with E-state index < -0.39 is 6.04 Å². The summed E-state index contributed by atoms with van der Waals surface area (Å²) in [7, 11) is 0. The zero-order chi connectivity index (χ0) is 20.9. The number of para-hydroxylation sites is 1. The summed E-state index contributed by atoms with van der Waals surface area (Å²) < 4.78 is 0. The van der Waals surface area contributed by atoms with Crippen LogP contribution in [-0.4, -0.2) is 59.4 Å². The van der Waals surface area contributed by atoms with Gasteiger partial charge in [0.1, 0.15) is 12.6 Å². The fraction of sp³-hybridized carbons (Fsp3) is 0.348. The lowest BCUT2D eigenvalue weighted by Gasteiger charge is -2.46. The van der Waals surface area contributed by atoms with E-state index >= 15 is 0 Å². The number of benzene rings is 2. The summed E-state index contributed by atoms with van der Waals surface area (Å²) in [4.78, 5) is 41.7. The third kappa shape index (κ3) is 4.36. The second-order valence-electron chi connectivity index (χ2n) is 7.69. The number of rotatable bonds is 6. The highest BCUT2D eigenvalue weighted by atomic mass is 16.2. The van der Waals surface area contributed by atoms with Gasteiger partial charge in [0.05, 0.1) is 6.04 Å². The standard InChI is InChI=1S/C23H26N4O3/c28-20(25-18-10-5-2-6-11-18)16-27-19-12-7-14-24-21(19)22(29)26(23(27)30)15-13-17-8-3-1-4-9-17/h1-6,8-11,19,21,24H,7,12-16H2,(H,25,28). The molecule has 0 bridgehead atoms. The number of amides is 4. The Morgan fingerprint density at radius 1 is 1.03 bits per heavy atom. The zero-order valence-electron chi connectivity index (χ0n) is 16.8. The number of fused-ring (bicyclic) bond motifs is 1. The molecule has 2 N–H and O–H groups in total. The van der Waals surface area contributed by atoms with Crippen LogP contribution in [0.25, 0.3) is 0 Å². The van der Waals surface area contributed by atoms with E-state index in [1.54, 1.807) is 17.0 Å². The SMILES string of the molecule is O=C(CN1C(=O)N(CCc2ccccc2)C(=O)C2NCCCC21)Nc1ccccc1. The monoisotopic (exact) mass is 406 g/mol. The Morgan fingerprint density at radius 3 is 2.47 bits per heavy atom. The summed E-state index contributed by atoms with van der Waals surface area (Å²) in [6.45, 7) is 0.951. The first-order chi connectivity index (χ1) is 14.6. The van der Waals surface area contributed by atoms with Crippen LogP contribution < -0.4 is 10.6 Å². The van der Waals surface area contributed by atoms with Gasteiger partial charge in [-0.25, -0.2) is 4.79 Å². The van der Waals surface area contributed by atoms with Gasteiger partial charge in [-0.15, -0.1) is 0 Å². The Labute approximate surface area is 176 Å². The number of imide groups is 1. The summed E-state index contributed by atoms with van der Waals surface area (Å²) in [5.41, 5.74) is 1.74. The predicted octanol–water partition coefficient (Wildman–Crippen LogP) is 2.25. The van der Waals surface area contributed by atoms with Crippen molar-refractivity contribution >= 4 is 23.5 Å². The predicted molar refractivity (Wildman–Crippen MR) is 114 cm³/mol. The summed E-state index contributed by atoms with van der Waals surface area (Å²) >= 11 is 0. The molecule has 2 fully saturated rings. The lowest BCUT2D eigenvalue weighted by atomic mass is 9.93. The largest absolute Gasteiger partial charge is 0.327 e. The Morgan fingerprint density at radius 2 is 1.73 bits per heavy atom. The number of urea groups is 1. The number of piperidine rings is 1. The van der Waals surface area contributed by atoms with E-state index in [4.69, 9.17) is 0 Å². The minimum absolute atomic E-state index is 0.0777. The summed E-state index contributed by atoms with van der Waals surface area (Å²) in [6, 6.07) is 17.8. The van der Waals surface area contributed by atoms with Gasteiger partial charge < -0.3 is 15.5 Å². The molecule has 2 aliphatic rings. The lowest BCUT2D eigenvalue weighted by Crippen LogP contribution is -2.70. The van der Waals surface area contributed by atoms with Crippen LogP contribution in [0.4, 0.5) is 10.5 Å². The Kier molecular flexibility index (Phi) is 6.09. The fourth-order valence-corrected chi connectivity index (χ4v) is 4.17. The highest BCUT2D eigenvalue weighted by Gasteiger charge is 2.47. The normalized spacial score (nSPS) is 21.3. The van der Waals surface area contributed by atoms with E-state index in [0.717, 1.165) is 18.5 Å². The van der Waals surface area contributed by atoms with Crippen LogP contribution in [0.15, 0.2) is 60.7 Å². The van der Waals surface area contributed by atoms with Gasteiger partial charge in [-0.2, -0.15) is 0 Å². The smallest absolute Gasteiger partial charge is 0.325 e. The first kappa shape index (κ1) is 20.1. The van der Waals surface area contributed by atoms with Gasteiger partial charge in [0.25, 0.3) is 0 Å². The second-order valence-corrected chi connectivity index (χ2v) is 7.69. The molecule has 2 unspecified atom stereocenters. The van der Waals surface area contributed by atoms with Gasteiger partial charge in [-0.3, -0.25) is 14.5 Å². The van der Waals surface area contributed by atoms with Gasteiger partial charge in [-0.1, -0.05) is 48.5 Å². The molecule has 0 aliphatic carbocycles. The van der Waals surface area contributed by atoms with Crippen LogP contribution in [0.1, 0.15) is 18.4 Å². The highest BCUT2D eigenvalue weighted by molar-refractivity contribution is 6.02. The van der Waals surface area contributed by atoms with Gasteiger partial charge in [-0.05, 0) is 43.5 Å². The molecule has 4 amide bonds.